The number of fused-ring (bicyclic) bond motifs is 1. The minimum atomic E-state index is -0.198. The van der Waals surface area contributed by atoms with Gasteiger partial charge in [-0.1, -0.05) is 13.8 Å². The van der Waals surface area contributed by atoms with E-state index >= 15 is 0 Å². The van der Waals surface area contributed by atoms with E-state index in [0.29, 0.717) is 6.04 Å². The van der Waals surface area contributed by atoms with Gasteiger partial charge in [0.1, 0.15) is 11.6 Å². The predicted molar refractivity (Wildman–Crippen MR) is 76.8 cm³/mol. The number of aryl methyl sites for hydroxylation is 1. The lowest BCUT2D eigenvalue weighted by Crippen LogP contribution is -2.28. The molecular weight excluding hydrogens is 241 g/mol. The second-order valence-electron chi connectivity index (χ2n) is 4.98. The van der Waals surface area contributed by atoms with E-state index in [9.17, 15) is 4.39 Å². The Balaban J connectivity index is 2.38. The quantitative estimate of drug-likeness (QED) is 0.867. The van der Waals surface area contributed by atoms with E-state index in [2.05, 4.69) is 35.6 Å². The van der Waals surface area contributed by atoms with Crippen molar-refractivity contribution in [3.63, 3.8) is 0 Å². The molecule has 0 spiro atoms. The summed E-state index contributed by atoms with van der Waals surface area (Å²) in [5.41, 5.74) is 1.79. The van der Waals surface area contributed by atoms with Gasteiger partial charge in [0.15, 0.2) is 0 Å². The highest BCUT2D eigenvalue weighted by Crippen LogP contribution is 2.19. The van der Waals surface area contributed by atoms with Crippen LogP contribution in [0.1, 0.15) is 33.0 Å². The second kappa shape index (κ2) is 6.15. The maximum atomic E-state index is 13.4. The summed E-state index contributed by atoms with van der Waals surface area (Å²) in [6.45, 7) is 8.21. The molecule has 1 unspecified atom stereocenters. The Morgan fingerprint density at radius 1 is 1.37 bits per heavy atom. The molecule has 0 aliphatic heterocycles. The first kappa shape index (κ1) is 14.0. The van der Waals surface area contributed by atoms with E-state index < -0.39 is 0 Å². The van der Waals surface area contributed by atoms with E-state index in [0.717, 1.165) is 42.8 Å². The molecule has 0 aliphatic rings. The van der Waals surface area contributed by atoms with Gasteiger partial charge >= 0.3 is 0 Å². The molecule has 0 radical (unpaired) electrons. The third kappa shape index (κ3) is 3.13. The van der Waals surface area contributed by atoms with Crippen molar-refractivity contribution in [2.45, 2.75) is 46.2 Å². The van der Waals surface area contributed by atoms with Crippen molar-refractivity contribution in [3.05, 3.63) is 29.8 Å². The van der Waals surface area contributed by atoms with Crippen molar-refractivity contribution in [1.29, 1.82) is 0 Å². The molecule has 0 amide bonds. The highest BCUT2D eigenvalue weighted by molar-refractivity contribution is 5.76. The van der Waals surface area contributed by atoms with Crippen LogP contribution in [0.15, 0.2) is 18.2 Å². The first-order valence-corrected chi connectivity index (χ1v) is 7.03. The minimum absolute atomic E-state index is 0.198. The van der Waals surface area contributed by atoms with Crippen LogP contribution in [0.2, 0.25) is 0 Å². The van der Waals surface area contributed by atoms with Gasteiger partial charge in [-0.25, -0.2) is 9.37 Å². The standard InChI is InChI=1S/C15H22FN3/c1-4-8-19-14-10-12(16)6-7-13(14)18-15(19)9-11(3)17-5-2/h6-7,10-11,17H,4-5,8-9H2,1-3H3. The summed E-state index contributed by atoms with van der Waals surface area (Å²) in [6.07, 6.45) is 1.88. The number of nitrogens with zero attached hydrogens (tertiary/aromatic N) is 2. The molecule has 0 fully saturated rings. The van der Waals surface area contributed by atoms with Gasteiger partial charge in [0, 0.05) is 19.0 Å². The van der Waals surface area contributed by atoms with Crippen molar-refractivity contribution < 1.29 is 4.39 Å². The molecular formula is C15H22FN3. The van der Waals surface area contributed by atoms with Gasteiger partial charge in [-0.2, -0.15) is 0 Å². The second-order valence-corrected chi connectivity index (χ2v) is 4.98. The molecule has 0 saturated heterocycles. The van der Waals surface area contributed by atoms with Gasteiger partial charge in [-0.3, -0.25) is 0 Å². The average Bonchev–Trinajstić information content (AvgIpc) is 2.68. The number of hydrogen-bond acceptors (Lipinski definition) is 2. The minimum Gasteiger partial charge on any atom is -0.328 e. The zero-order valence-electron chi connectivity index (χ0n) is 11.9. The molecule has 1 atom stereocenters. The summed E-state index contributed by atoms with van der Waals surface area (Å²) in [5, 5.41) is 3.39. The summed E-state index contributed by atoms with van der Waals surface area (Å²) in [7, 11) is 0. The molecule has 1 heterocycles. The maximum Gasteiger partial charge on any atom is 0.125 e. The fraction of sp³-hybridized carbons (Fsp3) is 0.533. The van der Waals surface area contributed by atoms with E-state index in [1.807, 2.05) is 0 Å². The lowest BCUT2D eigenvalue weighted by Gasteiger charge is -2.13. The summed E-state index contributed by atoms with van der Waals surface area (Å²) < 4.78 is 15.5. The highest BCUT2D eigenvalue weighted by atomic mass is 19.1. The first-order chi connectivity index (χ1) is 9.15. The van der Waals surface area contributed by atoms with E-state index in [1.165, 1.54) is 6.07 Å². The average molecular weight is 263 g/mol. The van der Waals surface area contributed by atoms with Crippen molar-refractivity contribution in [3.8, 4) is 0 Å². The van der Waals surface area contributed by atoms with Crippen molar-refractivity contribution in [1.82, 2.24) is 14.9 Å². The van der Waals surface area contributed by atoms with Crippen LogP contribution in [0.3, 0.4) is 0 Å². The van der Waals surface area contributed by atoms with Crippen LogP contribution in [0.4, 0.5) is 4.39 Å². The zero-order chi connectivity index (χ0) is 13.8. The third-order valence-electron chi connectivity index (χ3n) is 3.28. The summed E-state index contributed by atoms with van der Waals surface area (Å²) >= 11 is 0. The van der Waals surface area contributed by atoms with Crippen LogP contribution in [0, 0.1) is 5.82 Å². The molecule has 1 aromatic carbocycles. The molecule has 19 heavy (non-hydrogen) atoms. The van der Waals surface area contributed by atoms with E-state index in [4.69, 9.17) is 0 Å². The molecule has 104 valence electrons. The molecule has 0 bridgehead atoms. The molecule has 4 heteroatoms. The number of nitrogens with one attached hydrogen (secondary N) is 1. The van der Waals surface area contributed by atoms with Crippen LogP contribution >= 0.6 is 0 Å². The SMILES string of the molecule is CCCn1c(CC(C)NCC)nc2ccc(F)cc21. The molecule has 1 N–H and O–H groups in total. The Kier molecular flexibility index (Phi) is 4.53. The summed E-state index contributed by atoms with van der Waals surface area (Å²) in [6, 6.07) is 5.20. The van der Waals surface area contributed by atoms with Crippen LogP contribution in [-0.4, -0.2) is 22.1 Å². The Labute approximate surface area is 113 Å². The number of halogens is 1. The van der Waals surface area contributed by atoms with Gasteiger partial charge in [0.2, 0.25) is 0 Å². The Morgan fingerprint density at radius 2 is 2.16 bits per heavy atom. The van der Waals surface area contributed by atoms with Crippen LogP contribution in [0.25, 0.3) is 11.0 Å². The van der Waals surface area contributed by atoms with Crippen LogP contribution in [-0.2, 0) is 13.0 Å². The number of benzene rings is 1. The van der Waals surface area contributed by atoms with E-state index in [-0.39, 0.29) is 5.82 Å². The molecule has 2 rings (SSSR count). The van der Waals surface area contributed by atoms with Gasteiger partial charge in [0.25, 0.3) is 0 Å². The van der Waals surface area contributed by atoms with Gasteiger partial charge < -0.3 is 9.88 Å². The topological polar surface area (TPSA) is 29.9 Å². The largest absolute Gasteiger partial charge is 0.328 e. The fourth-order valence-corrected chi connectivity index (χ4v) is 2.47. The van der Waals surface area contributed by atoms with Crippen molar-refractivity contribution >= 4 is 11.0 Å². The summed E-state index contributed by atoms with van der Waals surface area (Å²) in [5.74, 6) is 0.840. The molecule has 2 aromatic rings. The maximum absolute atomic E-state index is 13.4. The number of imidazole rings is 1. The molecule has 3 nitrogen and oxygen atoms in total. The lowest BCUT2D eigenvalue weighted by molar-refractivity contribution is 0.532. The third-order valence-corrected chi connectivity index (χ3v) is 3.28. The van der Waals surface area contributed by atoms with Gasteiger partial charge in [0.05, 0.1) is 11.0 Å². The normalized spacial score (nSPS) is 13.1. The molecule has 0 aliphatic carbocycles. The lowest BCUT2D eigenvalue weighted by atomic mass is 10.2. The van der Waals surface area contributed by atoms with Gasteiger partial charge in [-0.05, 0) is 38.1 Å². The Hall–Kier alpha value is -1.42. The molecule has 0 saturated carbocycles. The molecule has 1 aromatic heterocycles. The highest BCUT2D eigenvalue weighted by Gasteiger charge is 2.13. The Bertz CT molecular complexity index is 548. The smallest absolute Gasteiger partial charge is 0.125 e. The summed E-state index contributed by atoms with van der Waals surface area (Å²) in [4.78, 5) is 4.65. The van der Waals surface area contributed by atoms with Crippen molar-refractivity contribution in [2.24, 2.45) is 0 Å². The predicted octanol–water partition coefficient (Wildman–Crippen LogP) is 3.13. The van der Waals surface area contributed by atoms with Gasteiger partial charge in [-0.15, -0.1) is 0 Å². The zero-order valence-corrected chi connectivity index (χ0v) is 11.9. The Morgan fingerprint density at radius 3 is 2.84 bits per heavy atom. The van der Waals surface area contributed by atoms with Crippen LogP contribution < -0.4 is 5.32 Å². The monoisotopic (exact) mass is 263 g/mol. The van der Waals surface area contributed by atoms with Crippen molar-refractivity contribution in [2.75, 3.05) is 6.54 Å². The number of rotatable bonds is 6. The first-order valence-electron chi connectivity index (χ1n) is 7.03. The van der Waals surface area contributed by atoms with Crippen LogP contribution in [0.5, 0.6) is 0 Å². The van der Waals surface area contributed by atoms with E-state index in [1.54, 1.807) is 12.1 Å². The number of aromatic nitrogens is 2. The number of likely N-dealkylation sites (N-methyl/N-ethyl adjacent to an activating group) is 1. The number of hydrogen-bond donors (Lipinski definition) is 1. The fourth-order valence-electron chi connectivity index (χ4n) is 2.47.